The van der Waals surface area contributed by atoms with Gasteiger partial charge in [0.2, 0.25) is 15.9 Å². The largest absolute Gasteiger partial charge is 0.342 e. The molecular weight excluding hydrogens is 297 g/mol. The number of amides is 1. The summed E-state index contributed by atoms with van der Waals surface area (Å²) in [6, 6.07) is 3.35. The smallest absolute Gasteiger partial charge is 0.241 e. The van der Waals surface area contributed by atoms with Crippen LogP contribution in [0.1, 0.15) is 19.4 Å². The van der Waals surface area contributed by atoms with Crippen molar-refractivity contribution in [2.45, 2.75) is 25.3 Å². The third-order valence-corrected chi connectivity index (χ3v) is 4.48. The highest BCUT2D eigenvalue weighted by Gasteiger charge is 2.18. The van der Waals surface area contributed by atoms with Gasteiger partial charge in [-0.2, -0.15) is 0 Å². The zero-order chi connectivity index (χ0) is 16.0. The summed E-state index contributed by atoms with van der Waals surface area (Å²) in [6.07, 6.45) is 0. The van der Waals surface area contributed by atoms with Gasteiger partial charge in [-0.15, -0.1) is 0 Å². The summed E-state index contributed by atoms with van der Waals surface area (Å²) in [4.78, 5) is 13.2. The minimum atomic E-state index is -3.87. The zero-order valence-corrected chi connectivity index (χ0v) is 12.9. The number of nitrogens with two attached hydrogens (primary N) is 1. The van der Waals surface area contributed by atoms with Crippen molar-refractivity contribution in [3.8, 4) is 0 Å². The molecule has 118 valence electrons. The predicted molar refractivity (Wildman–Crippen MR) is 77.4 cm³/mol. The Morgan fingerprint density at radius 1 is 1.33 bits per heavy atom. The number of hydrogen-bond donors (Lipinski definition) is 2. The van der Waals surface area contributed by atoms with Crippen molar-refractivity contribution in [1.82, 2.24) is 9.62 Å². The third-order valence-electron chi connectivity index (χ3n) is 3.08. The Balaban J connectivity index is 2.85. The second-order valence-electron chi connectivity index (χ2n) is 4.35. The number of hydrogen-bond acceptors (Lipinski definition) is 4. The SMILES string of the molecule is CCN(CC)C(=O)CNS(=O)(=O)c1ccc(F)c(CN)c1. The molecule has 0 bridgehead atoms. The molecule has 0 spiro atoms. The van der Waals surface area contributed by atoms with Crippen LogP contribution in [0, 0.1) is 5.82 Å². The van der Waals surface area contributed by atoms with Crippen molar-refractivity contribution in [3.05, 3.63) is 29.6 Å². The summed E-state index contributed by atoms with van der Waals surface area (Å²) in [5.74, 6) is -0.875. The molecule has 0 heterocycles. The van der Waals surface area contributed by atoms with Crippen LogP contribution in [-0.4, -0.2) is 38.9 Å². The lowest BCUT2D eigenvalue weighted by Crippen LogP contribution is -2.40. The Labute approximate surface area is 124 Å². The van der Waals surface area contributed by atoms with E-state index in [4.69, 9.17) is 5.73 Å². The number of nitrogens with one attached hydrogen (secondary N) is 1. The molecule has 3 N–H and O–H groups in total. The maximum atomic E-state index is 13.3. The molecule has 1 aromatic carbocycles. The van der Waals surface area contributed by atoms with E-state index in [0.717, 1.165) is 12.1 Å². The highest BCUT2D eigenvalue weighted by atomic mass is 32.2. The molecule has 0 saturated heterocycles. The van der Waals surface area contributed by atoms with E-state index in [9.17, 15) is 17.6 Å². The molecule has 8 heteroatoms. The monoisotopic (exact) mass is 317 g/mol. The normalized spacial score (nSPS) is 11.4. The first-order chi connectivity index (χ1) is 9.85. The fourth-order valence-corrected chi connectivity index (χ4v) is 2.83. The molecule has 21 heavy (non-hydrogen) atoms. The number of nitrogens with zero attached hydrogens (tertiary/aromatic N) is 1. The van der Waals surface area contributed by atoms with Gasteiger partial charge in [-0.1, -0.05) is 0 Å². The van der Waals surface area contributed by atoms with Crippen LogP contribution in [0.4, 0.5) is 4.39 Å². The third kappa shape index (κ3) is 4.48. The molecule has 0 saturated carbocycles. The van der Waals surface area contributed by atoms with Crippen molar-refractivity contribution < 1.29 is 17.6 Å². The van der Waals surface area contributed by atoms with Crippen LogP contribution < -0.4 is 10.5 Å². The van der Waals surface area contributed by atoms with Crippen LogP contribution in [0.5, 0.6) is 0 Å². The molecule has 0 aliphatic heterocycles. The first-order valence-electron chi connectivity index (χ1n) is 6.61. The van der Waals surface area contributed by atoms with Gasteiger partial charge in [-0.25, -0.2) is 17.5 Å². The van der Waals surface area contributed by atoms with E-state index >= 15 is 0 Å². The van der Waals surface area contributed by atoms with Gasteiger partial charge in [-0.3, -0.25) is 4.79 Å². The van der Waals surface area contributed by atoms with Gasteiger partial charge in [-0.05, 0) is 32.0 Å². The lowest BCUT2D eigenvalue weighted by Gasteiger charge is -2.18. The number of halogens is 1. The van der Waals surface area contributed by atoms with Gasteiger partial charge >= 0.3 is 0 Å². The summed E-state index contributed by atoms with van der Waals surface area (Å²) in [5, 5.41) is 0. The topological polar surface area (TPSA) is 92.5 Å². The Hall–Kier alpha value is -1.51. The number of carbonyl (C=O) groups excluding carboxylic acids is 1. The number of benzene rings is 1. The highest BCUT2D eigenvalue weighted by molar-refractivity contribution is 7.89. The zero-order valence-electron chi connectivity index (χ0n) is 12.1. The van der Waals surface area contributed by atoms with Gasteiger partial charge in [0.25, 0.3) is 0 Å². The first kappa shape index (κ1) is 17.5. The molecule has 0 radical (unpaired) electrons. The maximum absolute atomic E-state index is 13.3. The molecule has 1 aromatic rings. The summed E-state index contributed by atoms with van der Waals surface area (Å²) in [6.45, 7) is 4.19. The average molecular weight is 317 g/mol. The predicted octanol–water partition coefficient (Wildman–Crippen LogP) is 0.431. The van der Waals surface area contributed by atoms with Crippen molar-refractivity contribution in [1.29, 1.82) is 0 Å². The van der Waals surface area contributed by atoms with Crippen molar-refractivity contribution in [2.24, 2.45) is 5.73 Å². The molecule has 0 aromatic heterocycles. The number of likely N-dealkylation sites (N-methyl/N-ethyl adjacent to an activating group) is 1. The Kier molecular flexibility index (Phi) is 6.25. The average Bonchev–Trinajstić information content (AvgIpc) is 2.46. The molecule has 1 rings (SSSR count). The van der Waals surface area contributed by atoms with Gasteiger partial charge < -0.3 is 10.6 Å². The molecule has 0 aliphatic rings. The molecule has 0 aliphatic carbocycles. The van der Waals surface area contributed by atoms with Gasteiger partial charge in [0, 0.05) is 25.2 Å². The fraction of sp³-hybridized carbons (Fsp3) is 0.462. The van der Waals surface area contributed by atoms with Gasteiger partial charge in [0.1, 0.15) is 5.82 Å². The van der Waals surface area contributed by atoms with Crippen molar-refractivity contribution in [2.75, 3.05) is 19.6 Å². The second kappa shape index (κ2) is 7.48. The van der Waals surface area contributed by atoms with Crippen LogP contribution in [0.15, 0.2) is 23.1 Å². The van der Waals surface area contributed by atoms with E-state index in [1.165, 1.54) is 11.0 Å². The molecule has 0 atom stereocenters. The van der Waals surface area contributed by atoms with Crippen LogP contribution >= 0.6 is 0 Å². The second-order valence-corrected chi connectivity index (χ2v) is 6.11. The van der Waals surface area contributed by atoms with E-state index in [2.05, 4.69) is 4.72 Å². The highest BCUT2D eigenvalue weighted by Crippen LogP contribution is 2.14. The summed E-state index contributed by atoms with van der Waals surface area (Å²) in [7, 11) is -3.87. The van der Waals surface area contributed by atoms with Crippen molar-refractivity contribution >= 4 is 15.9 Å². The molecular formula is C13H20FN3O3S. The fourth-order valence-electron chi connectivity index (χ4n) is 1.80. The van der Waals surface area contributed by atoms with Gasteiger partial charge in [0.15, 0.2) is 0 Å². The summed E-state index contributed by atoms with van der Waals surface area (Å²) in [5.41, 5.74) is 5.45. The molecule has 0 unspecified atom stereocenters. The van der Waals surface area contributed by atoms with E-state index in [-0.39, 0.29) is 29.5 Å². The summed E-state index contributed by atoms with van der Waals surface area (Å²) < 4.78 is 39.7. The maximum Gasteiger partial charge on any atom is 0.241 e. The lowest BCUT2D eigenvalue weighted by atomic mass is 10.2. The summed E-state index contributed by atoms with van der Waals surface area (Å²) >= 11 is 0. The Morgan fingerprint density at radius 3 is 2.48 bits per heavy atom. The van der Waals surface area contributed by atoms with Crippen molar-refractivity contribution in [3.63, 3.8) is 0 Å². The number of sulfonamides is 1. The minimum Gasteiger partial charge on any atom is -0.342 e. The first-order valence-corrected chi connectivity index (χ1v) is 8.10. The van der Waals surface area contributed by atoms with Crippen LogP contribution in [-0.2, 0) is 21.4 Å². The van der Waals surface area contributed by atoms with Gasteiger partial charge in [0.05, 0.1) is 11.4 Å². The lowest BCUT2D eigenvalue weighted by molar-refractivity contribution is -0.129. The molecule has 1 amide bonds. The van der Waals surface area contributed by atoms with E-state index < -0.39 is 15.8 Å². The number of rotatable bonds is 7. The van der Waals surface area contributed by atoms with Crippen LogP contribution in [0.25, 0.3) is 0 Å². The Bertz CT molecular complexity index is 601. The standard InChI is InChI=1S/C13H20FN3O3S/c1-3-17(4-2)13(18)9-16-21(19,20)11-5-6-12(14)10(7-11)8-15/h5-7,16H,3-4,8-9,15H2,1-2H3. The quantitative estimate of drug-likeness (QED) is 0.763. The van der Waals surface area contributed by atoms with E-state index in [1.54, 1.807) is 0 Å². The number of carbonyl (C=O) groups is 1. The van der Waals surface area contributed by atoms with E-state index in [0.29, 0.717) is 13.1 Å². The minimum absolute atomic E-state index is 0.104. The Morgan fingerprint density at radius 2 is 1.95 bits per heavy atom. The van der Waals surface area contributed by atoms with Crippen LogP contribution in [0.2, 0.25) is 0 Å². The van der Waals surface area contributed by atoms with E-state index in [1.807, 2.05) is 13.8 Å². The molecule has 6 nitrogen and oxygen atoms in total. The van der Waals surface area contributed by atoms with Crippen LogP contribution in [0.3, 0.4) is 0 Å². The molecule has 0 fully saturated rings.